The van der Waals surface area contributed by atoms with E-state index in [4.69, 9.17) is 0 Å². The molecule has 6 heteroatoms. The summed E-state index contributed by atoms with van der Waals surface area (Å²) < 4.78 is 27.1. The number of halogens is 2. The van der Waals surface area contributed by atoms with E-state index in [1.54, 1.807) is 6.92 Å². The third-order valence-electron chi connectivity index (χ3n) is 4.20. The average molecular weight is 297 g/mol. The van der Waals surface area contributed by atoms with E-state index >= 15 is 0 Å². The van der Waals surface area contributed by atoms with Crippen LogP contribution in [0.1, 0.15) is 42.1 Å². The van der Waals surface area contributed by atoms with Crippen molar-refractivity contribution in [1.29, 1.82) is 0 Å². The number of carbonyl (C=O) groups excluding carboxylic acids is 1. The van der Waals surface area contributed by atoms with E-state index in [0.29, 0.717) is 18.9 Å². The molecule has 1 aromatic rings. The molecule has 1 aliphatic heterocycles. The van der Waals surface area contributed by atoms with Crippen molar-refractivity contribution < 1.29 is 23.5 Å². The van der Waals surface area contributed by atoms with Gasteiger partial charge < -0.3 is 10.0 Å². The molecule has 1 fully saturated rings. The van der Waals surface area contributed by atoms with E-state index in [-0.39, 0.29) is 24.1 Å². The van der Waals surface area contributed by atoms with Crippen LogP contribution >= 0.6 is 0 Å². The third kappa shape index (κ3) is 2.39. The highest BCUT2D eigenvalue weighted by Gasteiger charge is 2.49. The number of carboxylic acids is 1. The summed E-state index contributed by atoms with van der Waals surface area (Å²) in [4.78, 5) is 25.3. The Morgan fingerprint density at radius 3 is 2.57 bits per heavy atom. The second kappa shape index (κ2) is 5.42. The van der Waals surface area contributed by atoms with Crippen molar-refractivity contribution in [2.75, 3.05) is 6.54 Å². The number of nitrogens with zero attached hydrogens (tertiary/aromatic N) is 1. The zero-order valence-corrected chi connectivity index (χ0v) is 11.9. The third-order valence-corrected chi connectivity index (χ3v) is 4.20. The van der Waals surface area contributed by atoms with Crippen LogP contribution in [0.4, 0.5) is 8.78 Å². The summed E-state index contributed by atoms with van der Waals surface area (Å²) in [6.45, 7) is 3.38. The summed E-state index contributed by atoms with van der Waals surface area (Å²) in [5, 5.41) is 9.45. The van der Waals surface area contributed by atoms with Gasteiger partial charge in [-0.15, -0.1) is 0 Å². The van der Waals surface area contributed by atoms with E-state index in [0.717, 1.165) is 6.07 Å². The Morgan fingerprint density at radius 2 is 2.00 bits per heavy atom. The van der Waals surface area contributed by atoms with Gasteiger partial charge in [-0.25, -0.2) is 13.6 Å². The highest BCUT2D eigenvalue weighted by molar-refractivity contribution is 5.98. The van der Waals surface area contributed by atoms with Crippen LogP contribution in [0.15, 0.2) is 12.1 Å². The molecule has 1 unspecified atom stereocenters. The predicted octanol–water partition coefficient (Wildman–Crippen LogP) is 2.74. The van der Waals surface area contributed by atoms with E-state index in [1.165, 1.54) is 11.8 Å². The van der Waals surface area contributed by atoms with Gasteiger partial charge in [-0.1, -0.05) is 6.92 Å². The lowest BCUT2D eigenvalue weighted by atomic mass is 9.92. The first-order valence-electron chi connectivity index (χ1n) is 6.84. The Kier molecular flexibility index (Phi) is 3.98. The largest absolute Gasteiger partial charge is 0.479 e. The summed E-state index contributed by atoms with van der Waals surface area (Å²) in [6, 6.07) is 1.79. The smallest absolute Gasteiger partial charge is 0.329 e. The Balaban J connectivity index is 2.44. The van der Waals surface area contributed by atoms with Crippen LogP contribution in [0.2, 0.25) is 0 Å². The fourth-order valence-corrected chi connectivity index (χ4v) is 2.88. The molecule has 4 nitrogen and oxygen atoms in total. The van der Waals surface area contributed by atoms with Crippen molar-refractivity contribution in [3.63, 3.8) is 0 Å². The molecule has 1 heterocycles. The number of hydrogen-bond acceptors (Lipinski definition) is 2. The van der Waals surface area contributed by atoms with E-state index < -0.39 is 29.0 Å². The summed E-state index contributed by atoms with van der Waals surface area (Å²) >= 11 is 0. The van der Waals surface area contributed by atoms with E-state index in [2.05, 4.69) is 0 Å². The molecular formula is C15H17F2NO3. The maximum Gasteiger partial charge on any atom is 0.329 e. The van der Waals surface area contributed by atoms with Gasteiger partial charge in [0, 0.05) is 12.6 Å². The highest BCUT2D eigenvalue weighted by atomic mass is 19.1. The summed E-state index contributed by atoms with van der Waals surface area (Å²) in [5.41, 5.74) is -1.43. The standard InChI is InChI=1S/C15H17F2NO3/c1-3-15(14(20)21)5-4-6-18(15)13(19)10-7-9(2)11(16)8-12(10)17/h7-8H,3-6H2,1-2H3,(H,20,21). The maximum absolute atomic E-state index is 13.9. The number of carbonyl (C=O) groups is 2. The first-order chi connectivity index (χ1) is 9.83. The van der Waals surface area contributed by atoms with Crippen LogP contribution in [0.3, 0.4) is 0 Å². The molecule has 0 aromatic heterocycles. The first-order valence-corrected chi connectivity index (χ1v) is 6.84. The zero-order valence-electron chi connectivity index (χ0n) is 11.9. The molecule has 1 aromatic carbocycles. The number of aryl methyl sites for hydroxylation is 1. The summed E-state index contributed by atoms with van der Waals surface area (Å²) in [6.07, 6.45) is 1.13. The molecular weight excluding hydrogens is 280 g/mol. The van der Waals surface area contributed by atoms with Crippen molar-refractivity contribution in [2.45, 2.75) is 38.6 Å². The maximum atomic E-state index is 13.9. The van der Waals surface area contributed by atoms with Gasteiger partial charge in [0.05, 0.1) is 5.56 Å². The number of carboxylic acid groups (broad SMARTS) is 1. The van der Waals surface area contributed by atoms with Crippen molar-refractivity contribution in [3.8, 4) is 0 Å². The SMILES string of the molecule is CCC1(C(=O)O)CCCN1C(=O)c1cc(C)c(F)cc1F. The molecule has 0 bridgehead atoms. The molecule has 0 radical (unpaired) electrons. The lowest BCUT2D eigenvalue weighted by Crippen LogP contribution is -2.52. The number of hydrogen-bond donors (Lipinski definition) is 1. The molecule has 1 aliphatic rings. The van der Waals surface area contributed by atoms with Gasteiger partial charge in [0.1, 0.15) is 17.2 Å². The molecule has 0 spiro atoms. The minimum Gasteiger partial charge on any atom is -0.479 e. The van der Waals surface area contributed by atoms with E-state index in [1.807, 2.05) is 0 Å². The Morgan fingerprint density at radius 1 is 1.33 bits per heavy atom. The molecule has 1 atom stereocenters. The molecule has 0 aliphatic carbocycles. The van der Waals surface area contributed by atoms with Gasteiger partial charge in [0.25, 0.3) is 5.91 Å². The van der Waals surface area contributed by atoms with E-state index in [9.17, 15) is 23.5 Å². The quantitative estimate of drug-likeness (QED) is 0.933. The number of benzene rings is 1. The minimum atomic E-state index is -1.30. The zero-order chi connectivity index (χ0) is 15.8. The predicted molar refractivity (Wildman–Crippen MR) is 72.0 cm³/mol. The normalized spacial score (nSPS) is 21.6. The fraction of sp³-hybridized carbons (Fsp3) is 0.467. The fourth-order valence-electron chi connectivity index (χ4n) is 2.88. The van der Waals surface area contributed by atoms with Crippen molar-refractivity contribution in [2.24, 2.45) is 0 Å². The lowest BCUT2D eigenvalue weighted by molar-refractivity contribution is -0.148. The van der Waals surface area contributed by atoms with Crippen LogP contribution in [-0.2, 0) is 4.79 Å². The number of amides is 1. The van der Waals surface area contributed by atoms with Gasteiger partial charge in [0.2, 0.25) is 0 Å². The monoisotopic (exact) mass is 297 g/mol. The highest BCUT2D eigenvalue weighted by Crippen LogP contribution is 2.34. The number of aliphatic carboxylic acids is 1. The Bertz CT molecular complexity index is 603. The van der Waals surface area contributed by atoms with Crippen LogP contribution < -0.4 is 0 Å². The van der Waals surface area contributed by atoms with Gasteiger partial charge in [-0.3, -0.25) is 4.79 Å². The molecule has 114 valence electrons. The average Bonchev–Trinajstić information content (AvgIpc) is 2.87. The van der Waals surface area contributed by atoms with Gasteiger partial charge in [0.15, 0.2) is 0 Å². The summed E-state index contributed by atoms with van der Waals surface area (Å²) in [7, 11) is 0. The number of likely N-dealkylation sites (tertiary alicyclic amines) is 1. The molecule has 1 saturated heterocycles. The topological polar surface area (TPSA) is 57.6 Å². The Labute approximate surface area is 121 Å². The summed E-state index contributed by atoms with van der Waals surface area (Å²) in [5.74, 6) is -3.48. The lowest BCUT2D eigenvalue weighted by Gasteiger charge is -2.34. The second-order valence-electron chi connectivity index (χ2n) is 5.33. The van der Waals surface area contributed by atoms with Crippen LogP contribution in [0.5, 0.6) is 0 Å². The van der Waals surface area contributed by atoms with Crippen LogP contribution in [0, 0.1) is 18.6 Å². The molecule has 2 rings (SSSR count). The van der Waals surface area contributed by atoms with Crippen molar-refractivity contribution in [1.82, 2.24) is 4.90 Å². The van der Waals surface area contributed by atoms with Crippen LogP contribution in [0.25, 0.3) is 0 Å². The minimum absolute atomic E-state index is 0.149. The van der Waals surface area contributed by atoms with Gasteiger partial charge >= 0.3 is 5.97 Å². The molecule has 0 saturated carbocycles. The molecule has 1 N–H and O–H groups in total. The van der Waals surface area contributed by atoms with Crippen molar-refractivity contribution >= 4 is 11.9 Å². The second-order valence-corrected chi connectivity index (χ2v) is 5.33. The van der Waals surface area contributed by atoms with Crippen molar-refractivity contribution in [3.05, 3.63) is 34.9 Å². The number of rotatable bonds is 3. The molecule has 1 amide bonds. The van der Waals surface area contributed by atoms with Gasteiger partial charge in [-0.05, 0) is 37.8 Å². The first kappa shape index (κ1) is 15.4. The Hall–Kier alpha value is -1.98. The van der Waals surface area contributed by atoms with Gasteiger partial charge in [-0.2, -0.15) is 0 Å². The molecule has 21 heavy (non-hydrogen) atoms. The van der Waals surface area contributed by atoms with Crippen LogP contribution in [-0.4, -0.2) is 34.0 Å².